The first kappa shape index (κ1) is 47.9. The summed E-state index contributed by atoms with van der Waals surface area (Å²) in [4.78, 5) is 0. The molecule has 2 aliphatic rings. The van der Waals surface area contributed by atoms with E-state index in [-0.39, 0.29) is 11.8 Å². The lowest BCUT2D eigenvalue weighted by atomic mass is 9.54. The highest BCUT2D eigenvalue weighted by Gasteiger charge is 2.49. The van der Waals surface area contributed by atoms with E-state index in [9.17, 15) is 10.5 Å². The van der Waals surface area contributed by atoms with E-state index in [2.05, 4.69) is 137 Å². The van der Waals surface area contributed by atoms with E-state index in [1.165, 1.54) is 91.2 Å². The summed E-state index contributed by atoms with van der Waals surface area (Å²) in [6, 6.07) is 41.5. The molecule has 6 unspecified atom stereocenters. The van der Waals surface area contributed by atoms with Crippen molar-refractivity contribution in [3.8, 4) is 45.9 Å². The van der Waals surface area contributed by atoms with Crippen LogP contribution in [0.5, 0.6) is 11.5 Å². The van der Waals surface area contributed by atoms with Gasteiger partial charge in [0.1, 0.15) is 11.5 Å². The summed E-state index contributed by atoms with van der Waals surface area (Å²) < 4.78 is 12.1. The Morgan fingerprint density at radius 3 is 1.54 bits per heavy atom. The van der Waals surface area contributed by atoms with Gasteiger partial charge in [0.15, 0.2) is 0 Å². The molecule has 336 valence electrons. The second-order valence-electron chi connectivity index (χ2n) is 19.6. The summed E-state index contributed by atoms with van der Waals surface area (Å²) in [6.45, 7) is 10.6. The minimum absolute atomic E-state index is 0.0758. The van der Waals surface area contributed by atoms with Crippen LogP contribution < -0.4 is 9.47 Å². The number of unbranched alkanes of at least 4 members (excludes halogenated alkanes) is 7. The standard InChI is InChI=1S/C59H78N2O2/c1-5-9-11-13-15-39-63-55-34-30-52(31-35-55)50-24-26-53(27-25-50)56(43-58(44-60)36-16-18-46(7-3)41-58)57(59(45-61)37-17-19-47(8-4)42-59)40-48-20-22-49(23-21-48)51-28-32-54(33-29-51)62-38-14-12-10-6-2/h20-35,46-47,56-57H,5-19,36-43H2,1-4H3. The van der Waals surface area contributed by atoms with Crippen molar-refractivity contribution in [1.82, 2.24) is 0 Å². The highest BCUT2D eigenvalue weighted by molar-refractivity contribution is 5.65. The first-order valence-corrected chi connectivity index (χ1v) is 25.3. The van der Waals surface area contributed by atoms with Crippen molar-refractivity contribution >= 4 is 0 Å². The molecule has 0 saturated heterocycles. The summed E-state index contributed by atoms with van der Waals surface area (Å²) in [5, 5.41) is 22.6. The Kier molecular flexibility index (Phi) is 18.6. The molecule has 4 nitrogen and oxygen atoms in total. The third-order valence-corrected chi connectivity index (χ3v) is 15.2. The molecule has 4 aromatic carbocycles. The van der Waals surface area contributed by atoms with Crippen LogP contribution in [0, 0.1) is 51.2 Å². The molecule has 0 bridgehead atoms. The molecule has 63 heavy (non-hydrogen) atoms. The molecule has 6 atom stereocenters. The van der Waals surface area contributed by atoms with E-state index in [1.54, 1.807) is 0 Å². The maximum absolute atomic E-state index is 11.5. The van der Waals surface area contributed by atoms with Gasteiger partial charge in [-0.1, -0.05) is 184 Å². The lowest BCUT2D eigenvalue weighted by Gasteiger charge is -2.47. The van der Waals surface area contributed by atoms with Crippen molar-refractivity contribution in [2.45, 2.75) is 168 Å². The van der Waals surface area contributed by atoms with Crippen molar-refractivity contribution in [1.29, 1.82) is 10.5 Å². The van der Waals surface area contributed by atoms with Gasteiger partial charge in [-0.3, -0.25) is 0 Å². The third kappa shape index (κ3) is 13.3. The van der Waals surface area contributed by atoms with Gasteiger partial charge < -0.3 is 9.47 Å². The van der Waals surface area contributed by atoms with Crippen molar-refractivity contribution in [3.05, 3.63) is 108 Å². The highest BCUT2D eigenvalue weighted by Crippen LogP contribution is 2.56. The number of nitrogens with zero attached hydrogens (tertiary/aromatic N) is 2. The van der Waals surface area contributed by atoms with E-state index in [4.69, 9.17) is 9.47 Å². The quantitative estimate of drug-likeness (QED) is 0.0659. The van der Waals surface area contributed by atoms with Crippen LogP contribution in [0.25, 0.3) is 22.3 Å². The minimum atomic E-state index is -0.464. The van der Waals surface area contributed by atoms with Crippen LogP contribution in [0.2, 0.25) is 0 Å². The average molecular weight is 847 g/mol. The fourth-order valence-electron chi connectivity index (χ4n) is 11.2. The van der Waals surface area contributed by atoms with Crippen LogP contribution in [0.15, 0.2) is 97.1 Å². The van der Waals surface area contributed by atoms with Crippen LogP contribution >= 0.6 is 0 Å². The maximum Gasteiger partial charge on any atom is 0.119 e. The first-order chi connectivity index (χ1) is 30.9. The normalized spacial score (nSPS) is 22.1. The van der Waals surface area contributed by atoms with Crippen molar-refractivity contribution in [3.63, 3.8) is 0 Å². The lowest BCUT2D eigenvalue weighted by Crippen LogP contribution is -2.41. The lowest BCUT2D eigenvalue weighted by molar-refractivity contribution is 0.0763. The summed E-state index contributed by atoms with van der Waals surface area (Å²) >= 11 is 0. The average Bonchev–Trinajstić information content (AvgIpc) is 3.34. The smallest absolute Gasteiger partial charge is 0.119 e. The van der Waals surface area contributed by atoms with Gasteiger partial charge >= 0.3 is 0 Å². The number of hydrogen-bond donors (Lipinski definition) is 0. The Labute approximate surface area is 382 Å². The topological polar surface area (TPSA) is 66.0 Å². The molecular formula is C59H78N2O2. The Bertz CT molecular complexity index is 2010. The number of benzene rings is 4. The second-order valence-corrected chi connectivity index (χ2v) is 19.6. The van der Waals surface area contributed by atoms with Crippen molar-refractivity contribution < 1.29 is 9.47 Å². The Morgan fingerprint density at radius 1 is 0.556 bits per heavy atom. The molecule has 2 saturated carbocycles. The zero-order chi connectivity index (χ0) is 44.3. The molecule has 4 heteroatoms. The fraction of sp³-hybridized carbons (Fsp3) is 0.559. The molecule has 2 fully saturated rings. The molecular weight excluding hydrogens is 769 g/mol. The zero-order valence-corrected chi connectivity index (χ0v) is 39.5. The van der Waals surface area contributed by atoms with Crippen LogP contribution in [-0.4, -0.2) is 13.2 Å². The van der Waals surface area contributed by atoms with Gasteiger partial charge in [-0.05, 0) is 133 Å². The van der Waals surface area contributed by atoms with Gasteiger partial charge in [0.2, 0.25) is 0 Å². The van der Waals surface area contributed by atoms with Crippen molar-refractivity contribution in [2.75, 3.05) is 13.2 Å². The van der Waals surface area contributed by atoms with E-state index in [0.29, 0.717) is 11.8 Å². The van der Waals surface area contributed by atoms with Crippen LogP contribution in [0.1, 0.15) is 173 Å². The number of ether oxygens (including phenoxy) is 2. The molecule has 6 rings (SSSR count). The highest BCUT2D eigenvalue weighted by atomic mass is 16.5. The van der Waals surface area contributed by atoms with Crippen LogP contribution in [-0.2, 0) is 6.42 Å². The largest absolute Gasteiger partial charge is 0.494 e. The maximum atomic E-state index is 11.5. The number of hydrogen-bond acceptors (Lipinski definition) is 4. The second kappa shape index (κ2) is 24.5. The van der Waals surface area contributed by atoms with E-state index < -0.39 is 10.8 Å². The summed E-state index contributed by atoms with van der Waals surface area (Å²) in [5.74, 6) is 3.14. The van der Waals surface area contributed by atoms with Gasteiger partial charge in [-0.15, -0.1) is 0 Å². The van der Waals surface area contributed by atoms with Gasteiger partial charge in [0, 0.05) is 0 Å². The minimum Gasteiger partial charge on any atom is -0.494 e. The van der Waals surface area contributed by atoms with Gasteiger partial charge in [-0.2, -0.15) is 10.5 Å². The monoisotopic (exact) mass is 847 g/mol. The Hall–Kier alpha value is -4.54. The summed E-state index contributed by atoms with van der Waals surface area (Å²) in [5.41, 5.74) is 6.42. The summed E-state index contributed by atoms with van der Waals surface area (Å²) in [6.07, 6.45) is 23.2. The van der Waals surface area contributed by atoms with E-state index >= 15 is 0 Å². The van der Waals surface area contributed by atoms with E-state index in [0.717, 1.165) is 102 Å². The predicted octanol–water partition coefficient (Wildman–Crippen LogP) is 16.9. The predicted molar refractivity (Wildman–Crippen MR) is 263 cm³/mol. The van der Waals surface area contributed by atoms with Crippen molar-refractivity contribution in [2.24, 2.45) is 28.6 Å². The molecule has 0 amide bonds. The molecule has 4 aromatic rings. The SMILES string of the molecule is CCCCCCCOc1ccc(-c2ccc(C(CC3(C#N)CCCC(CC)C3)C(Cc3ccc(-c4ccc(OCCCCCC)cc4)cc3)C3(C#N)CCCC(CC)C3)cc2)cc1. The summed E-state index contributed by atoms with van der Waals surface area (Å²) in [7, 11) is 0. The molecule has 0 aromatic heterocycles. The Balaban J connectivity index is 1.30. The molecule has 0 N–H and O–H groups in total. The Morgan fingerprint density at radius 2 is 1.03 bits per heavy atom. The molecule has 2 aliphatic carbocycles. The van der Waals surface area contributed by atoms with Gasteiger partial charge in [0.25, 0.3) is 0 Å². The number of nitriles is 2. The van der Waals surface area contributed by atoms with Gasteiger partial charge in [-0.25, -0.2) is 0 Å². The van der Waals surface area contributed by atoms with Crippen LogP contribution in [0.4, 0.5) is 0 Å². The molecule has 0 heterocycles. The molecule has 0 radical (unpaired) electrons. The number of rotatable bonds is 24. The fourth-order valence-corrected chi connectivity index (χ4v) is 11.2. The van der Waals surface area contributed by atoms with Gasteiger partial charge in [0.05, 0.1) is 36.2 Å². The third-order valence-electron chi connectivity index (χ3n) is 15.2. The van der Waals surface area contributed by atoms with E-state index in [1.807, 2.05) is 0 Å². The molecule has 0 spiro atoms. The first-order valence-electron chi connectivity index (χ1n) is 25.3. The van der Waals surface area contributed by atoms with Crippen LogP contribution in [0.3, 0.4) is 0 Å². The molecule has 0 aliphatic heterocycles. The zero-order valence-electron chi connectivity index (χ0n) is 39.5.